The molecule has 114 valence electrons. The molecule has 0 spiro atoms. The summed E-state index contributed by atoms with van der Waals surface area (Å²) in [5.41, 5.74) is 0.392. The molecule has 8 nitrogen and oxygen atoms in total. The zero-order valence-corrected chi connectivity index (χ0v) is 12.2. The van der Waals surface area contributed by atoms with E-state index in [9.17, 15) is 4.79 Å². The number of carbonyl (C=O) groups excluding carboxylic acids is 1. The summed E-state index contributed by atoms with van der Waals surface area (Å²) in [6.07, 6.45) is 2.86. The zero-order valence-electron chi connectivity index (χ0n) is 12.2. The van der Waals surface area contributed by atoms with Crippen molar-refractivity contribution in [3.8, 4) is 0 Å². The van der Waals surface area contributed by atoms with Gasteiger partial charge in [0.25, 0.3) is 0 Å². The Hall–Kier alpha value is -2.38. The first-order valence-electron chi connectivity index (χ1n) is 6.77. The fourth-order valence-corrected chi connectivity index (χ4v) is 2.05. The van der Waals surface area contributed by atoms with E-state index in [1.54, 1.807) is 18.0 Å². The molecule has 0 atom stereocenters. The summed E-state index contributed by atoms with van der Waals surface area (Å²) in [4.78, 5) is 23.8. The van der Waals surface area contributed by atoms with E-state index in [1.165, 1.54) is 13.3 Å². The molecule has 1 aromatic rings. The number of anilines is 1. The van der Waals surface area contributed by atoms with Crippen LogP contribution in [0.1, 0.15) is 12.6 Å². The Labute approximate surface area is 123 Å². The molecule has 21 heavy (non-hydrogen) atoms. The van der Waals surface area contributed by atoms with Gasteiger partial charge < -0.3 is 19.3 Å². The second kappa shape index (κ2) is 6.87. The number of nitrogens with zero attached hydrogens (tertiary/aromatic N) is 4. The predicted octanol–water partition coefficient (Wildman–Crippen LogP) is 0.727. The van der Waals surface area contributed by atoms with Gasteiger partial charge in [0.15, 0.2) is 0 Å². The minimum Gasteiger partial charge on any atom is -0.480 e. The molecule has 1 saturated heterocycles. The number of methoxy groups -OCH3 is 1. The average Bonchev–Trinajstić information content (AvgIpc) is 2.54. The minimum absolute atomic E-state index is 0.0190. The monoisotopic (exact) mass is 293 g/mol. The molecule has 1 N–H and O–H groups in total. The van der Waals surface area contributed by atoms with Gasteiger partial charge in [0.1, 0.15) is 11.5 Å². The third kappa shape index (κ3) is 3.59. The number of piperazine rings is 1. The highest BCUT2D eigenvalue weighted by molar-refractivity contribution is 5.89. The Kier molecular flexibility index (Phi) is 4.91. The van der Waals surface area contributed by atoms with Gasteiger partial charge in [0.2, 0.25) is 5.90 Å². The van der Waals surface area contributed by atoms with Crippen LogP contribution in [-0.4, -0.2) is 66.8 Å². The average molecular weight is 293 g/mol. The van der Waals surface area contributed by atoms with Crippen LogP contribution in [0.5, 0.6) is 0 Å². The Balaban J connectivity index is 1.99. The third-order valence-electron chi connectivity index (χ3n) is 3.19. The maximum Gasteiger partial charge on any atom is 0.409 e. The second-order valence-corrected chi connectivity index (χ2v) is 4.47. The molecule has 8 heteroatoms. The Morgan fingerprint density at radius 1 is 1.33 bits per heavy atom. The Bertz CT molecular complexity index is 514. The first-order valence-corrected chi connectivity index (χ1v) is 6.77. The standard InChI is InChI=1S/C13H19N5O3/c1-3-21-13(19)18-6-4-17(5-7-18)11-9-15-8-10(16-11)12(14)20-2/h8-9,14H,3-7H2,1-2H3. The lowest BCUT2D eigenvalue weighted by atomic mass is 10.3. The summed E-state index contributed by atoms with van der Waals surface area (Å²) in [7, 11) is 1.43. The maximum atomic E-state index is 11.6. The van der Waals surface area contributed by atoms with E-state index in [-0.39, 0.29) is 12.0 Å². The Morgan fingerprint density at radius 2 is 2.05 bits per heavy atom. The number of hydrogen-bond acceptors (Lipinski definition) is 7. The molecule has 1 amide bonds. The Morgan fingerprint density at radius 3 is 2.67 bits per heavy atom. The van der Waals surface area contributed by atoms with Crippen LogP contribution >= 0.6 is 0 Å². The van der Waals surface area contributed by atoms with Gasteiger partial charge in [-0.15, -0.1) is 0 Å². The molecule has 1 fully saturated rings. The number of nitrogens with one attached hydrogen (secondary N) is 1. The van der Waals surface area contributed by atoms with E-state index in [4.69, 9.17) is 14.9 Å². The van der Waals surface area contributed by atoms with Crippen LogP contribution in [0.4, 0.5) is 10.6 Å². The van der Waals surface area contributed by atoms with E-state index < -0.39 is 0 Å². The van der Waals surface area contributed by atoms with Crippen molar-refractivity contribution in [3.63, 3.8) is 0 Å². The van der Waals surface area contributed by atoms with Gasteiger partial charge in [-0.2, -0.15) is 0 Å². The van der Waals surface area contributed by atoms with Crippen molar-refractivity contribution < 1.29 is 14.3 Å². The van der Waals surface area contributed by atoms with Gasteiger partial charge in [-0.3, -0.25) is 10.4 Å². The van der Waals surface area contributed by atoms with Crippen LogP contribution in [0.25, 0.3) is 0 Å². The highest BCUT2D eigenvalue weighted by atomic mass is 16.6. The van der Waals surface area contributed by atoms with Gasteiger partial charge in [0, 0.05) is 26.2 Å². The summed E-state index contributed by atoms with van der Waals surface area (Å²) >= 11 is 0. The molecule has 0 aromatic carbocycles. The van der Waals surface area contributed by atoms with Gasteiger partial charge in [0.05, 0.1) is 26.1 Å². The molecule has 0 unspecified atom stereocenters. The van der Waals surface area contributed by atoms with Gasteiger partial charge in [-0.1, -0.05) is 0 Å². The molecule has 0 radical (unpaired) electrons. The molecule has 0 bridgehead atoms. The molecular formula is C13H19N5O3. The third-order valence-corrected chi connectivity index (χ3v) is 3.19. The number of rotatable bonds is 3. The lowest BCUT2D eigenvalue weighted by Crippen LogP contribution is -2.49. The van der Waals surface area contributed by atoms with Crippen LogP contribution in [0.15, 0.2) is 12.4 Å². The molecule has 1 aliphatic rings. The van der Waals surface area contributed by atoms with Crippen molar-refractivity contribution in [1.82, 2.24) is 14.9 Å². The van der Waals surface area contributed by atoms with E-state index in [0.717, 1.165) is 0 Å². The van der Waals surface area contributed by atoms with Crippen LogP contribution in [0.2, 0.25) is 0 Å². The summed E-state index contributed by atoms with van der Waals surface area (Å²) in [5, 5.41) is 7.61. The number of carbonyl (C=O) groups is 1. The first kappa shape index (κ1) is 15.0. The number of ether oxygens (including phenoxy) is 2. The predicted molar refractivity (Wildman–Crippen MR) is 76.7 cm³/mol. The van der Waals surface area contributed by atoms with Crippen LogP contribution in [-0.2, 0) is 9.47 Å². The molecule has 0 saturated carbocycles. The lowest BCUT2D eigenvalue weighted by Gasteiger charge is -2.34. The van der Waals surface area contributed by atoms with E-state index >= 15 is 0 Å². The molecule has 2 heterocycles. The van der Waals surface area contributed by atoms with Crippen LogP contribution in [0.3, 0.4) is 0 Å². The smallest absolute Gasteiger partial charge is 0.409 e. The number of aromatic nitrogens is 2. The van der Waals surface area contributed by atoms with Crippen LogP contribution < -0.4 is 4.90 Å². The minimum atomic E-state index is -0.279. The van der Waals surface area contributed by atoms with Crippen molar-refractivity contribution in [2.75, 3.05) is 44.8 Å². The van der Waals surface area contributed by atoms with Crippen LogP contribution in [0, 0.1) is 5.41 Å². The second-order valence-electron chi connectivity index (χ2n) is 4.47. The summed E-state index contributed by atoms with van der Waals surface area (Å²) in [6, 6.07) is 0. The van der Waals surface area contributed by atoms with Gasteiger partial charge >= 0.3 is 6.09 Å². The highest BCUT2D eigenvalue weighted by Crippen LogP contribution is 2.13. The van der Waals surface area contributed by atoms with E-state index in [2.05, 4.69) is 9.97 Å². The quantitative estimate of drug-likeness (QED) is 0.652. The fraction of sp³-hybridized carbons (Fsp3) is 0.538. The molecule has 1 aliphatic heterocycles. The highest BCUT2D eigenvalue weighted by Gasteiger charge is 2.23. The molecule has 2 rings (SSSR count). The lowest BCUT2D eigenvalue weighted by molar-refractivity contribution is 0.105. The molecule has 0 aliphatic carbocycles. The van der Waals surface area contributed by atoms with Crippen molar-refractivity contribution in [1.29, 1.82) is 5.41 Å². The van der Waals surface area contributed by atoms with Crippen molar-refractivity contribution in [3.05, 3.63) is 18.1 Å². The zero-order chi connectivity index (χ0) is 15.2. The normalized spacial score (nSPS) is 14.8. The van der Waals surface area contributed by atoms with Crippen molar-refractivity contribution in [2.24, 2.45) is 0 Å². The van der Waals surface area contributed by atoms with Gasteiger partial charge in [-0.25, -0.2) is 9.78 Å². The first-order chi connectivity index (χ1) is 10.2. The summed E-state index contributed by atoms with van der Waals surface area (Å²) < 4.78 is 9.83. The summed E-state index contributed by atoms with van der Waals surface area (Å²) in [6.45, 7) is 4.62. The summed E-state index contributed by atoms with van der Waals surface area (Å²) in [5.74, 6) is 0.660. The number of amides is 1. The van der Waals surface area contributed by atoms with E-state index in [1.807, 2.05) is 4.90 Å². The van der Waals surface area contributed by atoms with Gasteiger partial charge in [-0.05, 0) is 6.92 Å². The SMILES string of the molecule is CCOC(=O)N1CCN(c2cncc(C(=N)OC)n2)CC1. The van der Waals surface area contributed by atoms with Crippen molar-refractivity contribution >= 4 is 17.8 Å². The topological polar surface area (TPSA) is 91.6 Å². The molecular weight excluding hydrogens is 274 g/mol. The molecule has 1 aromatic heterocycles. The number of hydrogen-bond donors (Lipinski definition) is 1. The largest absolute Gasteiger partial charge is 0.480 e. The van der Waals surface area contributed by atoms with E-state index in [0.29, 0.717) is 44.3 Å². The fourth-order valence-electron chi connectivity index (χ4n) is 2.05. The van der Waals surface area contributed by atoms with Crippen molar-refractivity contribution in [2.45, 2.75) is 6.92 Å². The maximum absolute atomic E-state index is 11.6.